The van der Waals surface area contributed by atoms with Gasteiger partial charge in [0.2, 0.25) is 0 Å². The van der Waals surface area contributed by atoms with Gasteiger partial charge >= 0.3 is 0 Å². The third kappa shape index (κ3) is 12.7. The molecule has 0 saturated carbocycles. The lowest BCUT2D eigenvalue weighted by atomic mass is 10.1. The van der Waals surface area contributed by atoms with Crippen LogP contribution in [0.2, 0.25) is 0 Å². The van der Waals surface area contributed by atoms with Crippen molar-refractivity contribution in [2.45, 2.75) is 6.42 Å². The molecule has 0 aliphatic rings. The van der Waals surface area contributed by atoms with Crippen molar-refractivity contribution in [3.8, 4) is 11.5 Å². The summed E-state index contributed by atoms with van der Waals surface area (Å²) in [5.74, 6) is 1.33. The lowest BCUT2D eigenvalue weighted by Crippen LogP contribution is -2.31. The van der Waals surface area contributed by atoms with Crippen LogP contribution in [0.15, 0.2) is 24.4 Å². The molecule has 1 heterocycles. The molecule has 0 fully saturated rings. The highest BCUT2D eigenvalue weighted by Crippen LogP contribution is 2.34. The van der Waals surface area contributed by atoms with Crippen molar-refractivity contribution in [2.24, 2.45) is 0 Å². The number of hydrogen-bond acceptors (Lipinski definition) is 11. The average molecular weight is 475 g/mol. The molecular weight excluding hydrogens is 446 g/mol. The van der Waals surface area contributed by atoms with Crippen molar-refractivity contribution >= 4 is 16.6 Å². The van der Waals surface area contributed by atoms with Crippen LogP contribution in [0.1, 0.15) is 6.42 Å². The maximum Gasteiger partial charge on any atom is 0.291 e. The Labute approximate surface area is 189 Å². The monoisotopic (exact) mass is 475 g/mol. The number of fused-ring (bicyclic) bond motifs is 1. The van der Waals surface area contributed by atoms with E-state index < -0.39 is 10.2 Å². The Balaban J connectivity index is 0.00000111. The average Bonchev–Trinajstić information content (AvgIpc) is 2.75. The summed E-state index contributed by atoms with van der Waals surface area (Å²) in [5.41, 5.74) is 1.83. The fourth-order valence-electron chi connectivity index (χ4n) is 2.77. The van der Waals surface area contributed by atoms with E-state index in [0.717, 1.165) is 36.1 Å². The highest BCUT2D eigenvalue weighted by Gasteiger charge is 2.10. The first kappa shape index (κ1) is 29.3. The molecule has 0 aliphatic carbocycles. The van der Waals surface area contributed by atoms with Crippen molar-refractivity contribution in [2.75, 3.05) is 58.9 Å². The Hall–Kier alpha value is -3.69. The maximum atomic E-state index is 9.04. The Morgan fingerprint density at radius 1 is 1.00 bits per heavy atom. The number of hydrogen-bond donors (Lipinski definition) is 5. The Kier molecular flexibility index (Phi) is 15.0. The van der Waals surface area contributed by atoms with Gasteiger partial charge in [-0.15, -0.1) is 20.2 Å². The van der Waals surface area contributed by atoms with Crippen molar-refractivity contribution in [3.63, 3.8) is 0 Å². The van der Waals surface area contributed by atoms with E-state index in [1.807, 2.05) is 23.1 Å². The summed E-state index contributed by atoms with van der Waals surface area (Å²) in [4.78, 5) is 23.2. The minimum absolute atomic E-state index is 0.101. The summed E-state index contributed by atoms with van der Waals surface area (Å²) >= 11 is 0. The number of nitrogens with zero attached hydrogens (tertiary/aromatic N) is 4. The van der Waals surface area contributed by atoms with Crippen LogP contribution >= 0.6 is 0 Å². The molecule has 0 unspecified atom stereocenters. The van der Waals surface area contributed by atoms with E-state index in [-0.39, 0.29) is 13.2 Å². The molecule has 186 valence electrons. The quantitative estimate of drug-likeness (QED) is 0.172. The van der Waals surface area contributed by atoms with Gasteiger partial charge in [0.15, 0.2) is 11.5 Å². The van der Waals surface area contributed by atoms with Gasteiger partial charge in [-0.1, -0.05) is 0 Å². The number of nitrogens with one attached hydrogen (secondary N) is 1. The molecule has 15 heteroatoms. The lowest BCUT2D eigenvalue weighted by Gasteiger charge is -2.20. The Morgan fingerprint density at radius 2 is 1.52 bits per heavy atom. The van der Waals surface area contributed by atoms with Crippen LogP contribution < -0.4 is 14.8 Å². The first-order chi connectivity index (χ1) is 15.7. The summed E-state index contributed by atoms with van der Waals surface area (Å²) < 4.78 is 10.7. The van der Waals surface area contributed by atoms with Gasteiger partial charge in [-0.2, -0.15) is 0 Å². The summed E-state index contributed by atoms with van der Waals surface area (Å²) in [6, 6.07) is 5.73. The number of pyridine rings is 1. The number of methoxy groups -OCH3 is 2. The van der Waals surface area contributed by atoms with Gasteiger partial charge in [0, 0.05) is 43.0 Å². The van der Waals surface area contributed by atoms with Gasteiger partial charge in [0.25, 0.3) is 10.2 Å². The minimum atomic E-state index is -1.50. The van der Waals surface area contributed by atoms with Crippen molar-refractivity contribution in [1.82, 2.24) is 9.88 Å². The first-order valence-corrected chi connectivity index (χ1v) is 9.55. The topological polar surface area (TPSA) is 214 Å². The van der Waals surface area contributed by atoms with E-state index in [0.29, 0.717) is 24.6 Å². The minimum Gasteiger partial charge on any atom is -0.493 e. The number of aliphatic hydroxyl groups is 2. The second-order valence-electron chi connectivity index (χ2n) is 6.13. The standard InChI is InChI=1S/C18H27N3O4.2HNO3/c1-24-17-12-14-15(4-6-20-16(14)13-18(17)25-2)19-5-3-7-21(8-10-22)9-11-23;2*2-1(3)4/h4,6,12-13,22-23H,3,5,7-11H2,1-2H3,(H,19,20);2*(H,2,3,4). The molecule has 2 rings (SSSR count). The molecular formula is C18H29N5O10. The van der Waals surface area contributed by atoms with E-state index in [1.165, 1.54) is 0 Å². The van der Waals surface area contributed by atoms with E-state index >= 15 is 0 Å². The normalized spacial score (nSPS) is 9.85. The Bertz CT molecular complexity index is 829. The zero-order valence-corrected chi connectivity index (χ0v) is 18.3. The maximum absolute atomic E-state index is 9.04. The molecule has 2 aromatic rings. The summed E-state index contributed by atoms with van der Waals surface area (Å²) in [7, 11) is 3.22. The molecule has 33 heavy (non-hydrogen) atoms. The SMILES string of the molecule is COc1cc2nccc(NCCCN(CCO)CCO)c2cc1OC.O=[N+]([O-])O.O=[N+]([O-])O. The van der Waals surface area contributed by atoms with Gasteiger partial charge in [0.1, 0.15) is 0 Å². The molecule has 0 radical (unpaired) electrons. The number of ether oxygens (including phenoxy) is 2. The van der Waals surface area contributed by atoms with Crippen molar-refractivity contribution < 1.29 is 40.3 Å². The van der Waals surface area contributed by atoms with Gasteiger partial charge < -0.3 is 35.4 Å². The predicted octanol–water partition coefficient (Wildman–Crippen LogP) is 0.645. The molecule has 0 saturated heterocycles. The number of anilines is 1. The summed E-state index contributed by atoms with van der Waals surface area (Å²) in [6.07, 6.45) is 2.66. The third-order valence-corrected chi connectivity index (χ3v) is 4.05. The molecule has 0 spiro atoms. The van der Waals surface area contributed by atoms with Crippen LogP contribution in [-0.2, 0) is 0 Å². The zero-order chi connectivity index (χ0) is 25.2. The van der Waals surface area contributed by atoms with E-state index in [1.54, 1.807) is 20.4 Å². The number of aromatic nitrogens is 1. The predicted molar refractivity (Wildman–Crippen MR) is 116 cm³/mol. The summed E-state index contributed by atoms with van der Waals surface area (Å²) in [6.45, 7) is 2.95. The molecule has 0 bridgehead atoms. The molecule has 1 aromatic heterocycles. The van der Waals surface area contributed by atoms with Crippen LogP contribution in [0.3, 0.4) is 0 Å². The first-order valence-electron chi connectivity index (χ1n) is 9.55. The highest BCUT2D eigenvalue weighted by molar-refractivity contribution is 5.93. The van der Waals surface area contributed by atoms with Crippen molar-refractivity contribution in [1.29, 1.82) is 0 Å². The molecule has 0 aliphatic heterocycles. The van der Waals surface area contributed by atoms with Gasteiger partial charge in [0.05, 0.1) is 33.0 Å². The molecule has 15 nitrogen and oxygen atoms in total. The fourth-order valence-corrected chi connectivity index (χ4v) is 2.77. The smallest absolute Gasteiger partial charge is 0.291 e. The van der Waals surface area contributed by atoms with Crippen LogP contribution in [-0.4, -0.2) is 94.3 Å². The van der Waals surface area contributed by atoms with E-state index in [9.17, 15) is 0 Å². The highest BCUT2D eigenvalue weighted by atomic mass is 16.9. The zero-order valence-electron chi connectivity index (χ0n) is 18.3. The van der Waals surface area contributed by atoms with Gasteiger partial charge in [-0.05, 0) is 25.1 Å². The van der Waals surface area contributed by atoms with Crippen molar-refractivity contribution in [3.05, 3.63) is 44.6 Å². The van der Waals surface area contributed by atoms with Crippen LogP contribution in [0, 0.1) is 20.2 Å². The fraction of sp³-hybridized carbons (Fsp3) is 0.500. The van der Waals surface area contributed by atoms with E-state index in [2.05, 4.69) is 10.3 Å². The van der Waals surface area contributed by atoms with Gasteiger partial charge in [-0.25, -0.2) is 0 Å². The molecule has 1 aromatic carbocycles. The molecule has 0 amide bonds. The number of rotatable bonds is 11. The molecule has 0 atom stereocenters. The lowest BCUT2D eigenvalue weighted by molar-refractivity contribution is -0.742. The van der Waals surface area contributed by atoms with Crippen LogP contribution in [0.25, 0.3) is 10.9 Å². The van der Waals surface area contributed by atoms with E-state index in [4.69, 9.17) is 50.3 Å². The Morgan fingerprint density at radius 3 is 2.00 bits per heavy atom. The number of benzene rings is 1. The van der Waals surface area contributed by atoms with Gasteiger partial charge in [-0.3, -0.25) is 9.88 Å². The summed E-state index contributed by atoms with van der Waals surface area (Å²) in [5, 5.41) is 49.8. The number of aliphatic hydroxyl groups excluding tert-OH is 2. The van der Waals surface area contributed by atoms with Crippen LogP contribution in [0.5, 0.6) is 11.5 Å². The largest absolute Gasteiger partial charge is 0.493 e. The third-order valence-electron chi connectivity index (χ3n) is 4.05. The van der Waals surface area contributed by atoms with Crippen LogP contribution in [0.4, 0.5) is 5.69 Å². The second-order valence-corrected chi connectivity index (χ2v) is 6.13. The molecule has 5 N–H and O–H groups in total. The second kappa shape index (κ2) is 16.9.